The number of nitrogens with one attached hydrogen (secondary N) is 1. The lowest BCUT2D eigenvalue weighted by Gasteiger charge is -2.34. The average molecular weight is 381 g/mol. The fourth-order valence-electron chi connectivity index (χ4n) is 4.20. The van der Waals surface area contributed by atoms with Crippen molar-refractivity contribution in [2.45, 2.75) is 51.4 Å². The summed E-state index contributed by atoms with van der Waals surface area (Å²) in [6, 6.07) is 10.1. The molecule has 3 aromatic rings. The van der Waals surface area contributed by atoms with Crippen molar-refractivity contribution in [2.24, 2.45) is 5.73 Å². The van der Waals surface area contributed by atoms with Gasteiger partial charge in [0.1, 0.15) is 12.5 Å². The Morgan fingerprint density at radius 2 is 2.18 bits per heavy atom. The molecule has 0 saturated heterocycles. The van der Waals surface area contributed by atoms with E-state index in [1.54, 1.807) is 6.07 Å². The molecule has 148 valence electrons. The van der Waals surface area contributed by atoms with Crippen molar-refractivity contribution >= 4 is 11.0 Å². The molecule has 5 nitrogen and oxygen atoms in total. The molecule has 2 aromatic heterocycles. The van der Waals surface area contributed by atoms with Gasteiger partial charge >= 0.3 is 0 Å². The fourth-order valence-corrected chi connectivity index (χ4v) is 4.20. The molecule has 0 fully saturated rings. The van der Waals surface area contributed by atoms with Gasteiger partial charge in [0.2, 0.25) is 0 Å². The molecule has 2 heterocycles. The van der Waals surface area contributed by atoms with Gasteiger partial charge in [-0.3, -0.25) is 9.88 Å². The van der Waals surface area contributed by atoms with Gasteiger partial charge in [-0.25, -0.2) is 9.37 Å². The Morgan fingerprint density at radius 3 is 3.04 bits per heavy atom. The van der Waals surface area contributed by atoms with Crippen molar-refractivity contribution in [2.75, 3.05) is 13.1 Å². The molecule has 3 N–H and O–H groups in total. The fraction of sp³-hybridized carbons (Fsp3) is 0.455. The lowest BCUT2D eigenvalue weighted by Crippen LogP contribution is -2.33. The molecule has 1 aliphatic rings. The molecule has 0 aliphatic heterocycles. The van der Waals surface area contributed by atoms with Gasteiger partial charge in [0.05, 0.1) is 29.3 Å². The molecule has 0 radical (unpaired) electrons. The standard InChI is InChI=1S/C22H28FN5/c23-14-16-8-9-18-19(13-16)27-21(26-18)15-28(12-2-1-10-24)20-7-3-5-17-6-4-11-25-22(17)20/h4,6,8-9,11,13,20H,1-3,5,7,10,12,14-15,24H2,(H,26,27). The largest absolute Gasteiger partial charge is 0.341 e. The summed E-state index contributed by atoms with van der Waals surface area (Å²) in [5.41, 5.74) is 10.7. The van der Waals surface area contributed by atoms with E-state index in [2.05, 4.69) is 16.0 Å². The van der Waals surface area contributed by atoms with Crippen LogP contribution in [0.3, 0.4) is 0 Å². The highest BCUT2D eigenvalue weighted by Crippen LogP contribution is 2.33. The average Bonchev–Trinajstić information content (AvgIpc) is 3.14. The number of fused-ring (bicyclic) bond motifs is 2. The highest BCUT2D eigenvalue weighted by molar-refractivity contribution is 5.75. The van der Waals surface area contributed by atoms with E-state index in [1.165, 1.54) is 17.7 Å². The molecule has 0 bridgehead atoms. The van der Waals surface area contributed by atoms with Gasteiger partial charge in [0, 0.05) is 6.20 Å². The van der Waals surface area contributed by atoms with E-state index in [9.17, 15) is 4.39 Å². The Kier molecular flexibility index (Phi) is 5.98. The van der Waals surface area contributed by atoms with Gasteiger partial charge in [-0.05, 0) is 74.5 Å². The molecular weight excluding hydrogens is 353 g/mol. The number of halogens is 1. The van der Waals surface area contributed by atoms with Gasteiger partial charge in [0.15, 0.2) is 0 Å². The first-order chi connectivity index (χ1) is 13.8. The van der Waals surface area contributed by atoms with E-state index in [1.807, 2.05) is 24.4 Å². The number of nitrogens with zero attached hydrogens (tertiary/aromatic N) is 3. The Bertz CT molecular complexity index is 922. The molecule has 1 unspecified atom stereocenters. The summed E-state index contributed by atoms with van der Waals surface area (Å²) in [4.78, 5) is 15.3. The first kappa shape index (κ1) is 19.0. The molecule has 0 amide bonds. The smallest absolute Gasteiger partial charge is 0.121 e. The van der Waals surface area contributed by atoms with Gasteiger partial charge in [-0.15, -0.1) is 0 Å². The van der Waals surface area contributed by atoms with Crippen molar-refractivity contribution in [1.29, 1.82) is 0 Å². The monoisotopic (exact) mass is 381 g/mol. The number of alkyl halides is 1. The molecule has 4 rings (SSSR count). The first-order valence-corrected chi connectivity index (χ1v) is 10.2. The zero-order valence-electron chi connectivity index (χ0n) is 16.2. The van der Waals surface area contributed by atoms with E-state index in [0.29, 0.717) is 18.2 Å². The van der Waals surface area contributed by atoms with Crippen molar-refractivity contribution in [3.05, 3.63) is 59.2 Å². The van der Waals surface area contributed by atoms with Crippen LogP contribution in [0.5, 0.6) is 0 Å². The SMILES string of the molecule is NCCCCN(Cc1nc2ccc(CF)cc2[nH]1)C1CCCc2cccnc21. The second kappa shape index (κ2) is 8.80. The van der Waals surface area contributed by atoms with Crippen molar-refractivity contribution < 1.29 is 4.39 Å². The Morgan fingerprint density at radius 1 is 1.25 bits per heavy atom. The number of rotatable bonds is 8. The van der Waals surface area contributed by atoms with Crippen LogP contribution in [0.4, 0.5) is 4.39 Å². The molecule has 28 heavy (non-hydrogen) atoms. The van der Waals surface area contributed by atoms with Crippen LogP contribution in [0.25, 0.3) is 11.0 Å². The van der Waals surface area contributed by atoms with E-state index < -0.39 is 6.67 Å². The minimum Gasteiger partial charge on any atom is -0.341 e. The number of aryl methyl sites for hydroxylation is 1. The third-order valence-corrected chi connectivity index (χ3v) is 5.61. The lowest BCUT2D eigenvalue weighted by molar-refractivity contribution is 0.159. The van der Waals surface area contributed by atoms with Crippen LogP contribution in [0, 0.1) is 0 Å². The number of nitrogens with two attached hydrogens (primary N) is 1. The summed E-state index contributed by atoms with van der Waals surface area (Å²) in [6.45, 7) is 1.94. The van der Waals surface area contributed by atoms with E-state index in [-0.39, 0.29) is 0 Å². The summed E-state index contributed by atoms with van der Waals surface area (Å²) < 4.78 is 13.0. The number of benzene rings is 1. The van der Waals surface area contributed by atoms with Crippen LogP contribution >= 0.6 is 0 Å². The predicted molar refractivity (Wildman–Crippen MR) is 110 cm³/mol. The maximum absolute atomic E-state index is 13.0. The molecule has 1 aromatic carbocycles. The predicted octanol–water partition coefficient (Wildman–Crippen LogP) is 4.05. The van der Waals surface area contributed by atoms with Crippen molar-refractivity contribution in [3.63, 3.8) is 0 Å². The number of unbranched alkanes of at least 4 members (excludes halogenated alkanes) is 1. The van der Waals surface area contributed by atoms with Crippen LogP contribution in [-0.4, -0.2) is 32.9 Å². The number of imidazole rings is 1. The molecular formula is C22H28FN5. The second-order valence-electron chi connectivity index (χ2n) is 7.59. The number of hydrogen-bond acceptors (Lipinski definition) is 4. The third kappa shape index (κ3) is 4.08. The minimum absolute atomic E-state index is 0.303. The summed E-state index contributed by atoms with van der Waals surface area (Å²) in [6.07, 6.45) is 7.36. The number of H-pyrrole nitrogens is 1. The zero-order chi connectivity index (χ0) is 19.3. The number of pyridine rings is 1. The zero-order valence-corrected chi connectivity index (χ0v) is 16.2. The number of hydrogen-bond donors (Lipinski definition) is 2. The van der Waals surface area contributed by atoms with Crippen molar-refractivity contribution in [1.82, 2.24) is 19.9 Å². The lowest BCUT2D eigenvalue weighted by atomic mass is 9.90. The highest BCUT2D eigenvalue weighted by Gasteiger charge is 2.27. The van der Waals surface area contributed by atoms with E-state index in [0.717, 1.165) is 55.6 Å². The third-order valence-electron chi connectivity index (χ3n) is 5.61. The van der Waals surface area contributed by atoms with E-state index >= 15 is 0 Å². The van der Waals surface area contributed by atoms with Gasteiger partial charge in [0.25, 0.3) is 0 Å². The summed E-state index contributed by atoms with van der Waals surface area (Å²) in [7, 11) is 0. The highest BCUT2D eigenvalue weighted by atomic mass is 19.1. The molecule has 1 aliphatic carbocycles. The molecule has 6 heteroatoms. The summed E-state index contributed by atoms with van der Waals surface area (Å²) >= 11 is 0. The second-order valence-corrected chi connectivity index (χ2v) is 7.59. The maximum atomic E-state index is 13.0. The van der Waals surface area contributed by atoms with Crippen LogP contribution in [0.15, 0.2) is 36.5 Å². The molecule has 1 atom stereocenters. The quantitative estimate of drug-likeness (QED) is 0.578. The van der Waals surface area contributed by atoms with Crippen LogP contribution in [0.1, 0.15) is 54.4 Å². The number of aromatic amines is 1. The normalized spacial score (nSPS) is 16.6. The summed E-state index contributed by atoms with van der Waals surface area (Å²) in [5, 5.41) is 0. The van der Waals surface area contributed by atoms with Crippen LogP contribution < -0.4 is 5.73 Å². The topological polar surface area (TPSA) is 70.8 Å². The van der Waals surface area contributed by atoms with Crippen molar-refractivity contribution in [3.8, 4) is 0 Å². The minimum atomic E-state index is -0.458. The van der Waals surface area contributed by atoms with Crippen LogP contribution in [-0.2, 0) is 19.6 Å². The van der Waals surface area contributed by atoms with E-state index in [4.69, 9.17) is 15.7 Å². The Balaban J connectivity index is 1.60. The first-order valence-electron chi connectivity index (χ1n) is 10.2. The Labute approximate surface area is 165 Å². The van der Waals surface area contributed by atoms with Gasteiger partial charge in [-0.1, -0.05) is 12.1 Å². The molecule has 0 saturated carbocycles. The van der Waals surface area contributed by atoms with Gasteiger partial charge < -0.3 is 10.7 Å². The Hall–Kier alpha value is -2.31. The van der Waals surface area contributed by atoms with Crippen LogP contribution in [0.2, 0.25) is 0 Å². The molecule has 0 spiro atoms. The van der Waals surface area contributed by atoms with Gasteiger partial charge in [-0.2, -0.15) is 0 Å². The summed E-state index contributed by atoms with van der Waals surface area (Å²) in [5.74, 6) is 0.918. The number of aromatic nitrogens is 3. The maximum Gasteiger partial charge on any atom is 0.121 e.